The molecule has 15 heavy (non-hydrogen) atoms. The summed E-state index contributed by atoms with van der Waals surface area (Å²) in [5.74, 6) is -0.0462. The van der Waals surface area contributed by atoms with E-state index in [9.17, 15) is 4.79 Å². The van der Waals surface area contributed by atoms with Crippen LogP contribution in [0, 0.1) is 6.61 Å². The number of methoxy groups -OCH3 is 1. The Morgan fingerprint density at radius 3 is 2.80 bits per heavy atom. The lowest BCUT2D eigenvalue weighted by molar-refractivity contribution is 0.0596. The summed E-state index contributed by atoms with van der Waals surface area (Å²) in [6.07, 6.45) is 0. The predicted octanol–water partition coefficient (Wildman–Crippen LogP) is 1.75. The molecule has 1 aromatic rings. The maximum Gasteiger partial charge on any atom is 0.341 e. The van der Waals surface area contributed by atoms with Gasteiger partial charge in [-0.05, 0) is 24.6 Å². The summed E-state index contributed by atoms with van der Waals surface area (Å²) in [7, 11) is 1.31. The van der Waals surface area contributed by atoms with Gasteiger partial charge in [0.05, 0.1) is 13.7 Å². The molecule has 0 aromatic heterocycles. The van der Waals surface area contributed by atoms with Gasteiger partial charge in [0.2, 0.25) is 0 Å². The molecule has 81 valence electrons. The number of aliphatic hydroxyl groups is 1. The molecular weight excluding hydrogens is 196 g/mol. The average molecular weight is 209 g/mol. The minimum Gasteiger partial charge on any atom is -0.493 e. The number of aliphatic hydroxyl groups excluding tert-OH is 1. The summed E-state index contributed by atoms with van der Waals surface area (Å²) in [4.78, 5) is 11.3. The van der Waals surface area contributed by atoms with Crippen molar-refractivity contribution in [1.82, 2.24) is 0 Å². The summed E-state index contributed by atoms with van der Waals surface area (Å²) in [6, 6.07) is 4.74. The van der Waals surface area contributed by atoms with Gasteiger partial charge >= 0.3 is 5.97 Å². The minimum absolute atomic E-state index is 0.352. The van der Waals surface area contributed by atoms with E-state index in [4.69, 9.17) is 9.84 Å². The smallest absolute Gasteiger partial charge is 0.341 e. The van der Waals surface area contributed by atoms with Crippen LogP contribution >= 0.6 is 0 Å². The fourth-order valence-corrected chi connectivity index (χ4v) is 1.17. The van der Waals surface area contributed by atoms with Crippen molar-refractivity contribution in [3.8, 4) is 5.75 Å². The molecule has 1 rings (SSSR count). The molecule has 4 nitrogen and oxygen atoms in total. The second-order valence-corrected chi connectivity index (χ2v) is 2.81. The van der Waals surface area contributed by atoms with Crippen molar-refractivity contribution in [3.63, 3.8) is 0 Å². The molecule has 0 atom stereocenters. The number of hydrogen-bond donors (Lipinski definition) is 1. The van der Waals surface area contributed by atoms with Gasteiger partial charge in [-0.1, -0.05) is 6.07 Å². The normalized spacial score (nSPS) is 9.80. The van der Waals surface area contributed by atoms with Crippen LogP contribution in [-0.4, -0.2) is 24.8 Å². The molecule has 0 unspecified atom stereocenters. The van der Waals surface area contributed by atoms with Gasteiger partial charge in [-0.25, -0.2) is 4.79 Å². The molecule has 4 heteroatoms. The minimum atomic E-state index is -0.456. The first-order chi connectivity index (χ1) is 7.22. The third-order valence-corrected chi connectivity index (χ3v) is 1.86. The number of ether oxygens (including phenoxy) is 2. The number of esters is 1. The molecule has 0 aliphatic heterocycles. The molecule has 0 fully saturated rings. The van der Waals surface area contributed by atoms with E-state index in [2.05, 4.69) is 4.74 Å². The zero-order valence-electron chi connectivity index (χ0n) is 8.69. The second kappa shape index (κ2) is 5.36. The molecule has 1 radical (unpaired) electrons. The van der Waals surface area contributed by atoms with E-state index in [0.717, 1.165) is 6.61 Å². The molecule has 0 saturated carbocycles. The summed E-state index contributed by atoms with van der Waals surface area (Å²) >= 11 is 0. The van der Waals surface area contributed by atoms with E-state index >= 15 is 0 Å². The summed E-state index contributed by atoms with van der Waals surface area (Å²) in [5.41, 5.74) is 0.927. The van der Waals surface area contributed by atoms with Crippen molar-refractivity contribution in [3.05, 3.63) is 35.9 Å². The zero-order valence-corrected chi connectivity index (χ0v) is 8.69. The molecule has 1 N–H and O–H groups in total. The van der Waals surface area contributed by atoms with Crippen LogP contribution in [0.5, 0.6) is 5.75 Å². The lowest BCUT2D eigenvalue weighted by Gasteiger charge is -2.09. The Kier molecular flexibility index (Phi) is 4.12. The maximum absolute atomic E-state index is 11.3. The first-order valence-electron chi connectivity index (χ1n) is 4.55. The van der Waals surface area contributed by atoms with Crippen molar-refractivity contribution in [1.29, 1.82) is 0 Å². The van der Waals surface area contributed by atoms with Gasteiger partial charge in [-0.3, -0.25) is 0 Å². The van der Waals surface area contributed by atoms with Crippen LogP contribution in [0.1, 0.15) is 22.8 Å². The number of rotatable bonds is 4. The van der Waals surface area contributed by atoms with Gasteiger partial charge in [-0.2, -0.15) is 0 Å². The van der Waals surface area contributed by atoms with Crippen LogP contribution < -0.4 is 4.74 Å². The van der Waals surface area contributed by atoms with Crippen molar-refractivity contribution < 1.29 is 19.4 Å². The van der Waals surface area contributed by atoms with Crippen LogP contribution in [0.4, 0.5) is 0 Å². The van der Waals surface area contributed by atoms with Crippen molar-refractivity contribution >= 4 is 5.97 Å². The van der Waals surface area contributed by atoms with Crippen LogP contribution in [0.25, 0.3) is 0 Å². The molecule has 0 aliphatic carbocycles. The Hall–Kier alpha value is -1.55. The Labute approximate surface area is 88.4 Å². The highest BCUT2D eigenvalue weighted by Crippen LogP contribution is 2.21. The topological polar surface area (TPSA) is 55.8 Å². The lowest BCUT2D eigenvalue weighted by atomic mass is 10.1. The van der Waals surface area contributed by atoms with Crippen molar-refractivity contribution in [2.45, 2.75) is 6.92 Å². The number of benzene rings is 1. The Morgan fingerprint density at radius 1 is 1.53 bits per heavy atom. The van der Waals surface area contributed by atoms with Crippen LogP contribution in [0.3, 0.4) is 0 Å². The van der Waals surface area contributed by atoms with E-state index < -0.39 is 5.97 Å². The van der Waals surface area contributed by atoms with Gasteiger partial charge in [0.25, 0.3) is 0 Å². The third kappa shape index (κ3) is 2.70. The van der Waals surface area contributed by atoms with Gasteiger partial charge < -0.3 is 14.6 Å². The van der Waals surface area contributed by atoms with Crippen LogP contribution in [0.2, 0.25) is 0 Å². The van der Waals surface area contributed by atoms with E-state index in [1.165, 1.54) is 7.11 Å². The third-order valence-electron chi connectivity index (χ3n) is 1.86. The fourth-order valence-electron chi connectivity index (χ4n) is 1.17. The van der Waals surface area contributed by atoms with Crippen molar-refractivity contribution in [2.75, 3.05) is 13.7 Å². The van der Waals surface area contributed by atoms with E-state index in [0.29, 0.717) is 23.5 Å². The maximum atomic E-state index is 11.3. The molecule has 0 aliphatic rings. The predicted molar refractivity (Wildman–Crippen MR) is 54.3 cm³/mol. The van der Waals surface area contributed by atoms with Crippen LogP contribution in [0.15, 0.2) is 18.2 Å². The Balaban J connectivity index is 3.08. The highest BCUT2D eigenvalue weighted by atomic mass is 16.5. The second-order valence-electron chi connectivity index (χ2n) is 2.81. The quantitative estimate of drug-likeness (QED) is 0.767. The fraction of sp³-hybridized carbons (Fsp3) is 0.273. The summed E-state index contributed by atoms with van der Waals surface area (Å²) in [5, 5.41) is 8.82. The number of carbonyl (C=O) groups excluding carboxylic acids is 1. The Bertz CT molecular complexity index is 346. The molecule has 0 amide bonds. The van der Waals surface area contributed by atoms with Gasteiger partial charge in [0, 0.05) is 0 Å². The molecule has 0 heterocycles. The molecule has 0 saturated heterocycles. The molecule has 0 spiro atoms. The van der Waals surface area contributed by atoms with E-state index in [-0.39, 0.29) is 0 Å². The summed E-state index contributed by atoms with van der Waals surface area (Å²) < 4.78 is 9.88. The first kappa shape index (κ1) is 11.5. The highest BCUT2D eigenvalue weighted by Gasteiger charge is 2.13. The van der Waals surface area contributed by atoms with Crippen LogP contribution in [-0.2, 0) is 4.74 Å². The average Bonchev–Trinajstić information content (AvgIpc) is 2.28. The highest BCUT2D eigenvalue weighted by molar-refractivity contribution is 5.92. The van der Waals surface area contributed by atoms with Crippen molar-refractivity contribution in [2.24, 2.45) is 0 Å². The SMILES string of the molecule is CCOc1cc([CH]O)ccc1C(=O)OC. The largest absolute Gasteiger partial charge is 0.493 e. The monoisotopic (exact) mass is 209 g/mol. The molecular formula is C11H13O4. The van der Waals surface area contributed by atoms with E-state index in [1.807, 2.05) is 6.92 Å². The number of hydrogen-bond acceptors (Lipinski definition) is 4. The standard InChI is InChI=1S/C11H13O4/c1-3-15-10-6-8(7-12)4-5-9(10)11(13)14-2/h4-7,12H,3H2,1-2H3. The Morgan fingerprint density at radius 2 is 2.27 bits per heavy atom. The van der Waals surface area contributed by atoms with Gasteiger partial charge in [0.1, 0.15) is 17.9 Å². The summed E-state index contributed by atoms with van der Waals surface area (Å²) in [6.45, 7) is 3.21. The van der Waals surface area contributed by atoms with Gasteiger partial charge in [-0.15, -0.1) is 0 Å². The zero-order chi connectivity index (χ0) is 11.3. The van der Waals surface area contributed by atoms with E-state index in [1.54, 1.807) is 18.2 Å². The van der Waals surface area contributed by atoms with Gasteiger partial charge in [0.15, 0.2) is 0 Å². The lowest BCUT2D eigenvalue weighted by Crippen LogP contribution is -2.06. The molecule has 0 bridgehead atoms. The molecule has 1 aromatic carbocycles. The first-order valence-corrected chi connectivity index (χ1v) is 4.55. The number of carbonyl (C=O) groups is 1.